The third kappa shape index (κ3) is 1.67. The SMILES string of the molecule is CC1(C)Oc2cc(Cl)c(F)cc2C(N)C1N. The van der Waals surface area contributed by atoms with Crippen molar-refractivity contribution >= 4 is 11.6 Å². The second-order valence-corrected chi connectivity index (χ2v) is 4.97. The van der Waals surface area contributed by atoms with Crippen LogP contribution < -0.4 is 16.2 Å². The lowest BCUT2D eigenvalue weighted by molar-refractivity contribution is 0.0505. The van der Waals surface area contributed by atoms with Gasteiger partial charge in [0.05, 0.1) is 17.1 Å². The molecule has 0 saturated heterocycles. The van der Waals surface area contributed by atoms with E-state index in [9.17, 15) is 4.39 Å². The van der Waals surface area contributed by atoms with Gasteiger partial charge in [0, 0.05) is 11.6 Å². The lowest BCUT2D eigenvalue weighted by atomic mass is 9.85. The summed E-state index contributed by atoms with van der Waals surface area (Å²) >= 11 is 5.70. The first kappa shape index (κ1) is 11.6. The summed E-state index contributed by atoms with van der Waals surface area (Å²) < 4.78 is 19.0. The summed E-state index contributed by atoms with van der Waals surface area (Å²) in [6.07, 6.45) is 0. The molecule has 0 saturated carbocycles. The lowest BCUT2D eigenvalue weighted by Gasteiger charge is -2.41. The molecular formula is C11H14ClFN2O. The van der Waals surface area contributed by atoms with Gasteiger partial charge in [-0.1, -0.05) is 11.6 Å². The molecule has 3 nitrogen and oxygen atoms in total. The fraction of sp³-hybridized carbons (Fsp3) is 0.455. The standard InChI is InChI=1S/C11H14ClFN2O/c1-11(2)10(15)9(14)5-3-7(13)6(12)4-8(5)16-11/h3-4,9-10H,14-15H2,1-2H3. The molecule has 0 fully saturated rings. The maximum Gasteiger partial charge on any atom is 0.142 e. The Morgan fingerprint density at radius 3 is 2.62 bits per heavy atom. The van der Waals surface area contributed by atoms with Crippen LogP contribution in [0.5, 0.6) is 5.75 Å². The highest BCUT2D eigenvalue weighted by Crippen LogP contribution is 2.39. The van der Waals surface area contributed by atoms with Crippen LogP contribution in [0.1, 0.15) is 25.5 Å². The van der Waals surface area contributed by atoms with E-state index in [1.165, 1.54) is 12.1 Å². The highest BCUT2D eigenvalue weighted by Gasteiger charge is 2.40. The van der Waals surface area contributed by atoms with Gasteiger partial charge in [-0.3, -0.25) is 0 Å². The molecule has 88 valence electrons. The van der Waals surface area contributed by atoms with Gasteiger partial charge in [0.2, 0.25) is 0 Å². The van der Waals surface area contributed by atoms with E-state index < -0.39 is 17.5 Å². The molecule has 1 heterocycles. The topological polar surface area (TPSA) is 61.3 Å². The van der Waals surface area contributed by atoms with Crippen LogP contribution >= 0.6 is 11.6 Å². The Bertz CT molecular complexity index is 436. The summed E-state index contributed by atoms with van der Waals surface area (Å²) in [6, 6.07) is 1.89. The molecule has 2 atom stereocenters. The van der Waals surface area contributed by atoms with E-state index in [2.05, 4.69) is 0 Å². The Morgan fingerprint density at radius 1 is 1.38 bits per heavy atom. The van der Waals surface area contributed by atoms with E-state index in [1.54, 1.807) is 0 Å². The molecule has 2 unspecified atom stereocenters. The summed E-state index contributed by atoms with van der Waals surface area (Å²) in [5, 5.41) is 0.0252. The van der Waals surface area contributed by atoms with Gasteiger partial charge in [0.15, 0.2) is 0 Å². The highest BCUT2D eigenvalue weighted by atomic mass is 35.5. The summed E-state index contributed by atoms with van der Waals surface area (Å²) in [6.45, 7) is 3.69. The third-order valence-electron chi connectivity index (χ3n) is 2.97. The van der Waals surface area contributed by atoms with Gasteiger partial charge in [-0.05, 0) is 19.9 Å². The zero-order chi connectivity index (χ0) is 12.1. The molecule has 2 rings (SSSR count). The largest absolute Gasteiger partial charge is 0.486 e. The summed E-state index contributed by atoms with van der Waals surface area (Å²) in [5.74, 6) is -0.00280. The minimum absolute atomic E-state index is 0.0252. The van der Waals surface area contributed by atoms with Crippen molar-refractivity contribution in [3.63, 3.8) is 0 Å². The monoisotopic (exact) mass is 244 g/mol. The first-order valence-corrected chi connectivity index (χ1v) is 5.40. The van der Waals surface area contributed by atoms with Gasteiger partial charge < -0.3 is 16.2 Å². The molecule has 1 aromatic rings. The van der Waals surface area contributed by atoms with Gasteiger partial charge in [0.1, 0.15) is 17.2 Å². The summed E-state index contributed by atoms with van der Waals surface area (Å²) in [7, 11) is 0. The fourth-order valence-corrected chi connectivity index (χ4v) is 2.02. The van der Waals surface area contributed by atoms with Crippen LogP contribution in [0.3, 0.4) is 0 Å². The van der Waals surface area contributed by atoms with E-state index in [-0.39, 0.29) is 11.1 Å². The van der Waals surface area contributed by atoms with E-state index >= 15 is 0 Å². The van der Waals surface area contributed by atoms with Crippen LogP contribution in [-0.4, -0.2) is 11.6 Å². The average Bonchev–Trinajstić information content (AvgIpc) is 2.18. The number of halogens is 2. The normalized spacial score (nSPS) is 27.1. The highest BCUT2D eigenvalue weighted by molar-refractivity contribution is 6.30. The molecule has 0 aliphatic carbocycles. The molecule has 4 N–H and O–H groups in total. The van der Waals surface area contributed by atoms with E-state index in [1.807, 2.05) is 13.8 Å². The van der Waals surface area contributed by atoms with Crippen LogP contribution in [0.4, 0.5) is 4.39 Å². The van der Waals surface area contributed by atoms with Gasteiger partial charge in [0.25, 0.3) is 0 Å². The second-order valence-electron chi connectivity index (χ2n) is 4.56. The van der Waals surface area contributed by atoms with Crippen molar-refractivity contribution in [1.29, 1.82) is 0 Å². The maximum atomic E-state index is 13.3. The predicted octanol–water partition coefficient (Wildman–Crippen LogP) is 1.98. The van der Waals surface area contributed by atoms with Crippen LogP contribution in [0.2, 0.25) is 5.02 Å². The number of ether oxygens (including phenoxy) is 1. The van der Waals surface area contributed by atoms with Crippen LogP contribution in [0.15, 0.2) is 12.1 Å². The van der Waals surface area contributed by atoms with E-state index in [0.29, 0.717) is 11.3 Å². The smallest absolute Gasteiger partial charge is 0.142 e. The molecule has 1 aliphatic rings. The molecule has 0 aromatic heterocycles. The molecule has 1 aliphatic heterocycles. The number of nitrogens with two attached hydrogens (primary N) is 2. The minimum atomic E-state index is -0.590. The van der Waals surface area contributed by atoms with Crippen LogP contribution in [0, 0.1) is 5.82 Å². The summed E-state index contributed by atoms with van der Waals surface area (Å²) in [4.78, 5) is 0. The van der Waals surface area contributed by atoms with E-state index in [4.69, 9.17) is 27.8 Å². The third-order valence-corrected chi connectivity index (χ3v) is 3.26. The molecule has 0 bridgehead atoms. The Labute approximate surface area is 98.5 Å². The van der Waals surface area contributed by atoms with Crippen molar-refractivity contribution in [3.8, 4) is 5.75 Å². The van der Waals surface area contributed by atoms with Gasteiger partial charge >= 0.3 is 0 Å². The van der Waals surface area contributed by atoms with Crippen molar-refractivity contribution in [2.75, 3.05) is 0 Å². The van der Waals surface area contributed by atoms with Crippen LogP contribution in [-0.2, 0) is 0 Å². The van der Waals surface area contributed by atoms with Gasteiger partial charge in [-0.2, -0.15) is 0 Å². The molecule has 5 heteroatoms. The Kier molecular flexibility index (Phi) is 2.61. The Balaban J connectivity index is 2.55. The van der Waals surface area contributed by atoms with Crippen LogP contribution in [0.25, 0.3) is 0 Å². The molecule has 0 radical (unpaired) electrons. The van der Waals surface area contributed by atoms with Crippen molar-refractivity contribution < 1.29 is 9.13 Å². The molecule has 0 spiro atoms. The summed E-state index contributed by atoms with van der Waals surface area (Å²) in [5.41, 5.74) is 11.9. The first-order valence-electron chi connectivity index (χ1n) is 5.02. The number of hydrogen-bond donors (Lipinski definition) is 2. The molecule has 16 heavy (non-hydrogen) atoms. The van der Waals surface area contributed by atoms with Crippen molar-refractivity contribution in [2.45, 2.75) is 31.5 Å². The molecule has 0 amide bonds. The fourth-order valence-electron chi connectivity index (χ4n) is 1.87. The van der Waals surface area contributed by atoms with Gasteiger partial charge in [-0.15, -0.1) is 0 Å². The lowest BCUT2D eigenvalue weighted by Crippen LogP contribution is -2.56. The zero-order valence-corrected chi connectivity index (χ0v) is 9.88. The van der Waals surface area contributed by atoms with Crippen molar-refractivity contribution in [2.24, 2.45) is 11.5 Å². The predicted molar refractivity (Wildman–Crippen MR) is 61.0 cm³/mol. The maximum absolute atomic E-state index is 13.3. The Morgan fingerprint density at radius 2 is 2.00 bits per heavy atom. The molecular weight excluding hydrogens is 231 g/mol. The number of rotatable bonds is 0. The number of fused-ring (bicyclic) bond motifs is 1. The Hall–Kier alpha value is -0.840. The van der Waals surface area contributed by atoms with E-state index in [0.717, 1.165) is 0 Å². The number of benzene rings is 1. The minimum Gasteiger partial charge on any atom is -0.486 e. The van der Waals surface area contributed by atoms with Crippen molar-refractivity contribution in [1.82, 2.24) is 0 Å². The molecule has 1 aromatic carbocycles. The zero-order valence-electron chi connectivity index (χ0n) is 9.13. The average molecular weight is 245 g/mol. The first-order chi connectivity index (χ1) is 7.33. The number of hydrogen-bond acceptors (Lipinski definition) is 3. The second kappa shape index (κ2) is 3.58. The van der Waals surface area contributed by atoms with Crippen molar-refractivity contribution in [3.05, 3.63) is 28.5 Å². The van der Waals surface area contributed by atoms with Gasteiger partial charge in [-0.25, -0.2) is 4.39 Å². The quantitative estimate of drug-likeness (QED) is 0.734.